The van der Waals surface area contributed by atoms with Gasteiger partial charge in [0.1, 0.15) is 29.5 Å². The molecule has 0 bridgehead atoms. The third-order valence-electron chi connectivity index (χ3n) is 3.44. The van der Waals surface area contributed by atoms with Gasteiger partial charge in [-0.1, -0.05) is 12.2 Å². The van der Waals surface area contributed by atoms with Crippen LogP contribution >= 0.6 is 12.2 Å². The molecule has 2 fully saturated rings. The lowest BCUT2D eigenvalue weighted by atomic mass is 10.2. The first-order valence-corrected chi connectivity index (χ1v) is 6.24. The number of aromatic nitrogens is 4. The first kappa shape index (κ1) is 11.3. The molecule has 4 atom stereocenters. The lowest BCUT2D eigenvalue weighted by Gasteiger charge is -2.17. The number of nitrogens with two attached hydrogens (primary N) is 1. The van der Waals surface area contributed by atoms with Crippen LogP contribution in [0, 0.1) is 4.64 Å². The Kier molecular flexibility index (Phi) is 2.22. The Labute approximate surface area is 112 Å². The minimum Gasteiger partial charge on any atom is -0.394 e. The zero-order valence-electron chi connectivity index (χ0n) is 9.68. The van der Waals surface area contributed by atoms with Gasteiger partial charge in [-0.3, -0.25) is 4.57 Å². The predicted molar refractivity (Wildman–Crippen MR) is 66.8 cm³/mol. The summed E-state index contributed by atoms with van der Waals surface area (Å²) in [6.45, 7) is -0.0655. The molecule has 0 aromatic carbocycles. The fourth-order valence-electron chi connectivity index (χ4n) is 2.52. The van der Waals surface area contributed by atoms with E-state index in [0.29, 0.717) is 15.8 Å². The van der Waals surface area contributed by atoms with Crippen LogP contribution in [0.15, 0.2) is 6.33 Å². The Bertz CT molecular complexity index is 713. The van der Waals surface area contributed by atoms with E-state index in [9.17, 15) is 5.11 Å². The molecule has 0 aliphatic carbocycles. The lowest BCUT2D eigenvalue weighted by molar-refractivity contribution is -0.0823. The molecule has 19 heavy (non-hydrogen) atoms. The van der Waals surface area contributed by atoms with Crippen molar-refractivity contribution < 1.29 is 14.6 Å². The minimum absolute atomic E-state index is 0.0467. The van der Waals surface area contributed by atoms with Crippen molar-refractivity contribution in [1.82, 2.24) is 19.5 Å². The Morgan fingerprint density at radius 3 is 3.05 bits per heavy atom. The van der Waals surface area contributed by atoms with Gasteiger partial charge in [0, 0.05) is 0 Å². The number of nitrogen functional groups attached to an aromatic ring is 1. The van der Waals surface area contributed by atoms with Crippen molar-refractivity contribution in [3.8, 4) is 0 Å². The summed E-state index contributed by atoms with van der Waals surface area (Å²) in [7, 11) is 0. The molecule has 0 saturated carbocycles. The third-order valence-corrected chi connectivity index (χ3v) is 3.73. The van der Waals surface area contributed by atoms with E-state index in [1.165, 1.54) is 0 Å². The van der Waals surface area contributed by atoms with Crippen LogP contribution in [0.25, 0.3) is 11.2 Å². The maximum absolute atomic E-state index is 9.20. The fraction of sp³-hybridized carbons (Fsp3) is 0.500. The molecule has 4 heterocycles. The van der Waals surface area contributed by atoms with E-state index < -0.39 is 0 Å². The van der Waals surface area contributed by atoms with Crippen molar-refractivity contribution in [1.29, 1.82) is 0 Å². The summed E-state index contributed by atoms with van der Waals surface area (Å²) in [5.74, 6) is 0.226. The zero-order valence-corrected chi connectivity index (χ0v) is 10.5. The van der Waals surface area contributed by atoms with Crippen LogP contribution in [0.4, 0.5) is 5.95 Å². The van der Waals surface area contributed by atoms with Crippen molar-refractivity contribution in [3.05, 3.63) is 11.0 Å². The quantitative estimate of drug-likeness (QED) is 0.512. The molecule has 0 spiro atoms. The van der Waals surface area contributed by atoms with Crippen LogP contribution in [0.1, 0.15) is 6.23 Å². The Balaban J connectivity index is 1.82. The van der Waals surface area contributed by atoms with Crippen molar-refractivity contribution in [3.63, 3.8) is 0 Å². The van der Waals surface area contributed by atoms with Gasteiger partial charge in [-0.25, -0.2) is 9.97 Å². The average Bonchev–Trinajstić information content (AvgIpc) is 2.91. The number of nitrogens with zero attached hydrogens (tertiary/aromatic N) is 3. The van der Waals surface area contributed by atoms with Crippen LogP contribution in [0.5, 0.6) is 0 Å². The van der Waals surface area contributed by atoms with Gasteiger partial charge in [0.15, 0.2) is 16.8 Å². The summed E-state index contributed by atoms with van der Waals surface area (Å²) < 4.78 is 13.3. The molecule has 0 radical (unpaired) electrons. The monoisotopic (exact) mass is 281 g/mol. The van der Waals surface area contributed by atoms with Gasteiger partial charge in [-0.15, -0.1) is 0 Å². The highest BCUT2D eigenvalue weighted by Crippen LogP contribution is 2.45. The Morgan fingerprint density at radius 1 is 1.47 bits per heavy atom. The van der Waals surface area contributed by atoms with Gasteiger partial charge in [-0.2, -0.15) is 0 Å². The van der Waals surface area contributed by atoms with Gasteiger partial charge in [-0.05, 0) is 0 Å². The molecule has 2 aliphatic heterocycles. The summed E-state index contributed by atoms with van der Waals surface area (Å²) in [5.41, 5.74) is 6.88. The van der Waals surface area contributed by atoms with E-state index in [1.807, 2.05) is 0 Å². The number of aliphatic hydroxyl groups excluding tert-OH is 1. The number of hydrogen-bond acceptors (Lipinski definition) is 7. The van der Waals surface area contributed by atoms with E-state index >= 15 is 0 Å². The van der Waals surface area contributed by atoms with Crippen molar-refractivity contribution in [2.45, 2.75) is 24.5 Å². The van der Waals surface area contributed by atoms with Gasteiger partial charge in [0.05, 0.1) is 12.9 Å². The SMILES string of the molecule is Nc1nc(=S)c2ncn([C@H]3O[C@@H](CO)[C@@H]4O[C@H]43)c2[nH]1. The number of imidazole rings is 1. The number of anilines is 1. The number of epoxide rings is 1. The number of aliphatic hydroxyl groups is 1. The molecule has 2 saturated heterocycles. The second-order valence-corrected chi connectivity index (χ2v) is 4.98. The largest absolute Gasteiger partial charge is 0.394 e. The number of ether oxygens (including phenoxy) is 2. The van der Waals surface area contributed by atoms with E-state index in [0.717, 1.165) is 0 Å². The smallest absolute Gasteiger partial charge is 0.200 e. The highest BCUT2D eigenvalue weighted by atomic mass is 32.1. The number of nitrogens with one attached hydrogen (secondary N) is 1. The summed E-state index contributed by atoms with van der Waals surface area (Å²) in [5, 5.41) is 9.20. The maximum atomic E-state index is 9.20. The third kappa shape index (κ3) is 1.53. The first-order valence-electron chi connectivity index (χ1n) is 5.83. The lowest BCUT2D eigenvalue weighted by Crippen LogP contribution is -2.22. The van der Waals surface area contributed by atoms with Crippen LogP contribution < -0.4 is 5.73 Å². The van der Waals surface area contributed by atoms with E-state index in [2.05, 4.69) is 15.0 Å². The molecule has 0 unspecified atom stereocenters. The molecule has 2 aromatic rings. The number of H-pyrrole nitrogens is 1. The first-order chi connectivity index (χ1) is 9.19. The van der Waals surface area contributed by atoms with Crippen LogP contribution in [0.3, 0.4) is 0 Å². The van der Waals surface area contributed by atoms with E-state index in [1.54, 1.807) is 10.9 Å². The molecule has 4 rings (SSSR count). The molecule has 0 amide bonds. The molecular weight excluding hydrogens is 270 g/mol. The van der Waals surface area contributed by atoms with Gasteiger partial charge in [0.2, 0.25) is 0 Å². The highest BCUT2D eigenvalue weighted by Gasteiger charge is 2.58. The molecular formula is C10H11N5O3S. The van der Waals surface area contributed by atoms with Crippen molar-refractivity contribution in [2.24, 2.45) is 0 Å². The summed E-state index contributed by atoms with van der Waals surface area (Å²) in [6.07, 6.45) is 0.871. The predicted octanol–water partition coefficient (Wildman–Crippen LogP) is -0.272. The Morgan fingerprint density at radius 2 is 2.32 bits per heavy atom. The normalized spacial score (nSPS) is 32.7. The fourth-order valence-corrected chi connectivity index (χ4v) is 2.76. The van der Waals surface area contributed by atoms with Crippen LogP contribution in [-0.2, 0) is 9.47 Å². The highest BCUT2D eigenvalue weighted by molar-refractivity contribution is 7.71. The summed E-state index contributed by atoms with van der Waals surface area (Å²) >= 11 is 5.12. The zero-order chi connectivity index (χ0) is 13.1. The standard InChI is InChI=1S/C10H11N5O3S/c11-10-13-7-4(8(19)14-10)12-2-15(7)9-6-5(18-6)3(1-16)17-9/h2-3,5-6,9,16H,1H2,(H3,11,13,14,19)/t3-,5-,6+,9-/m0/s1. The summed E-state index contributed by atoms with van der Waals surface area (Å²) in [4.78, 5) is 11.1. The minimum atomic E-state index is -0.334. The molecule has 100 valence electrons. The molecule has 8 nitrogen and oxygen atoms in total. The van der Waals surface area contributed by atoms with Gasteiger partial charge in [0.25, 0.3) is 0 Å². The average molecular weight is 281 g/mol. The second-order valence-electron chi connectivity index (χ2n) is 4.59. The number of rotatable bonds is 2. The summed E-state index contributed by atoms with van der Waals surface area (Å²) in [6, 6.07) is 0. The maximum Gasteiger partial charge on any atom is 0.200 e. The number of fused-ring (bicyclic) bond motifs is 2. The number of aromatic amines is 1. The van der Waals surface area contributed by atoms with Gasteiger partial charge < -0.3 is 25.3 Å². The molecule has 9 heteroatoms. The molecule has 2 aliphatic rings. The molecule has 2 aromatic heterocycles. The Hall–Kier alpha value is -1.55. The van der Waals surface area contributed by atoms with E-state index in [4.69, 9.17) is 27.4 Å². The number of hydrogen-bond donors (Lipinski definition) is 3. The van der Waals surface area contributed by atoms with Crippen LogP contribution in [-0.4, -0.2) is 49.5 Å². The van der Waals surface area contributed by atoms with Crippen molar-refractivity contribution >= 4 is 29.3 Å². The van der Waals surface area contributed by atoms with E-state index in [-0.39, 0.29) is 37.1 Å². The second kappa shape index (κ2) is 3.73. The topological polar surface area (TPSA) is 115 Å². The van der Waals surface area contributed by atoms with Gasteiger partial charge >= 0.3 is 0 Å². The van der Waals surface area contributed by atoms with Crippen molar-refractivity contribution in [2.75, 3.05) is 12.3 Å². The molecule has 4 N–H and O–H groups in total. The van der Waals surface area contributed by atoms with Crippen LogP contribution in [0.2, 0.25) is 0 Å².